The van der Waals surface area contributed by atoms with E-state index in [4.69, 9.17) is 32.7 Å². The Morgan fingerprint density at radius 2 is 1.73 bits per heavy atom. The van der Waals surface area contributed by atoms with Crippen molar-refractivity contribution in [2.24, 2.45) is 29.6 Å². The van der Waals surface area contributed by atoms with Gasteiger partial charge in [-0.2, -0.15) is 0 Å². The summed E-state index contributed by atoms with van der Waals surface area (Å²) in [6.07, 6.45) is 0.783. The number of carbonyl (C=O) groups is 3. The number of anilines is 2. The highest BCUT2D eigenvalue weighted by molar-refractivity contribution is 9.10. The van der Waals surface area contributed by atoms with E-state index in [0.717, 1.165) is 26.4 Å². The fourth-order valence-electron chi connectivity index (χ4n) is 8.15. The molecule has 2 aliphatic heterocycles. The number of nitrogens with zero attached hydrogens (tertiary/aromatic N) is 1. The summed E-state index contributed by atoms with van der Waals surface area (Å²) in [5.74, 6) is -0.847. The van der Waals surface area contributed by atoms with Crippen LogP contribution in [0.4, 0.5) is 11.4 Å². The van der Waals surface area contributed by atoms with Gasteiger partial charge in [-0.3, -0.25) is 24.1 Å². The average molecular weight is 788 g/mol. The molecule has 1 aromatic heterocycles. The maximum Gasteiger partial charge on any atom is 0.305 e. The SMILES string of the molecule is COc1cc([C@H]2c3sc(=O)[nH]c3SC3C4CC(C5C(=O)N(c6ccc(Br)cc6)C(=O)C45)C32)ccc1OCC(=O)Nc1ccc(Cl)c(Cl)c1. The molecule has 0 radical (unpaired) electrons. The lowest BCUT2D eigenvalue weighted by molar-refractivity contribution is -0.123. The van der Waals surface area contributed by atoms with Gasteiger partial charge in [0.1, 0.15) is 0 Å². The molecular formula is C34H26BrCl2N3O6S2. The van der Waals surface area contributed by atoms with E-state index in [0.29, 0.717) is 32.9 Å². The number of imide groups is 1. The van der Waals surface area contributed by atoms with Crippen molar-refractivity contribution in [1.82, 2.24) is 4.98 Å². The van der Waals surface area contributed by atoms with E-state index in [2.05, 4.69) is 26.2 Å². The third-order valence-electron chi connectivity index (χ3n) is 9.92. The van der Waals surface area contributed by atoms with Crippen LogP contribution in [0.25, 0.3) is 0 Å². The van der Waals surface area contributed by atoms with Crippen LogP contribution < -0.4 is 24.6 Å². The summed E-state index contributed by atoms with van der Waals surface area (Å²) in [5, 5.41) is 4.31. The molecular weight excluding hydrogens is 761 g/mol. The number of ether oxygens (including phenoxy) is 2. The van der Waals surface area contributed by atoms with Crippen LogP contribution in [0.2, 0.25) is 10.0 Å². The Labute approximate surface area is 301 Å². The van der Waals surface area contributed by atoms with Crippen molar-refractivity contribution in [3.05, 3.63) is 95.3 Å². The minimum atomic E-state index is -0.411. The maximum atomic E-state index is 14.0. The van der Waals surface area contributed by atoms with Crippen molar-refractivity contribution in [3.63, 3.8) is 0 Å². The van der Waals surface area contributed by atoms with Gasteiger partial charge in [0.25, 0.3) is 5.91 Å². The number of halogens is 3. The fourth-order valence-corrected chi connectivity index (χ4v) is 11.6. The largest absolute Gasteiger partial charge is 0.493 e. The third-order valence-corrected chi connectivity index (χ3v) is 13.8. The lowest BCUT2D eigenvalue weighted by atomic mass is 9.68. The Kier molecular flexibility index (Phi) is 8.15. The monoisotopic (exact) mass is 785 g/mol. The van der Waals surface area contributed by atoms with E-state index in [1.165, 1.54) is 23.3 Å². The zero-order chi connectivity index (χ0) is 33.4. The number of benzene rings is 3. The maximum absolute atomic E-state index is 14.0. The first-order chi connectivity index (χ1) is 23.1. The molecule has 9 nitrogen and oxygen atoms in total. The highest BCUT2D eigenvalue weighted by Gasteiger charge is 2.69. The van der Waals surface area contributed by atoms with E-state index < -0.39 is 11.8 Å². The zero-order valence-corrected chi connectivity index (χ0v) is 29.8. The van der Waals surface area contributed by atoms with Crippen LogP contribution in [-0.4, -0.2) is 41.7 Å². The van der Waals surface area contributed by atoms with Gasteiger partial charge in [0, 0.05) is 26.2 Å². The Balaban J connectivity index is 1.08. The van der Waals surface area contributed by atoms with Crippen molar-refractivity contribution >= 4 is 91.3 Å². The van der Waals surface area contributed by atoms with E-state index in [1.807, 2.05) is 24.3 Å². The van der Waals surface area contributed by atoms with Gasteiger partial charge in [0.15, 0.2) is 18.1 Å². The van der Waals surface area contributed by atoms with Crippen LogP contribution in [0.15, 0.2) is 75.0 Å². The smallest absolute Gasteiger partial charge is 0.305 e. The number of aromatic amines is 1. The van der Waals surface area contributed by atoms with Crippen molar-refractivity contribution in [3.8, 4) is 11.5 Å². The number of carbonyl (C=O) groups excluding carboxylic acids is 3. The van der Waals surface area contributed by atoms with Crippen LogP contribution in [0, 0.1) is 29.6 Å². The molecule has 3 amide bonds. The summed E-state index contributed by atoms with van der Waals surface area (Å²) < 4.78 is 12.5. The van der Waals surface area contributed by atoms with Crippen molar-refractivity contribution in [1.29, 1.82) is 0 Å². The van der Waals surface area contributed by atoms with Crippen molar-refractivity contribution in [2.45, 2.75) is 22.6 Å². The Hall–Kier alpha value is -3.29. The summed E-state index contributed by atoms with van der Waals surface area (Å²) in [6.45, 7) is -0.276. The minimum Gasteiger partial charge on any atom is -0.493 e. The molecule has 2 N–H and O–H groups in total. The molecule has 3 heterocycles. The normalized spacial score (nSPS) is 26.7. The summed E-state index contributed by atoms with van der Waals surface area (Å²) >= 11 is 18.3. The number of methoxy groups -OCH3 is 1. The summed E-state index contributed by atoms with van der Waals surface area (Å²) in [7, 11) is 1.53. The highest BCUT2D eigenvalue weighted by atomic mass is 79.9. The first-order valence-electron chi connectivity index (χ1n) is 15.2. The number of hydrogen-bond acceptors (Lipinski definition) is 8. The number of rotatable bonds is 7. The van der Waals surface area contributed by atoms with Gasteiger partial charge in [-0.15, -0.1) is 11.8 Å². The molecule has 14 heteroatoms. The molecule has 1 saturated heterocycles. The lowest BCUT2D eigenvalue weighted by Gasteiger charge is -2.43. The van der Waals surface area contributed by atoms with Crippen LogP contribution in [-0.2, 0) is 14.4 Å². The van der Waals surface area contributed by atoms with Gasteiger partial charge in [-0.1, -0.05) is 56.5 Å². The van der Waals surface area contributed by atoms with Crippen LogP contribution in [0.3, 0.4) is 0 Å². The Bertz CT molecular complexity index is 2050. The van der Waals surface area contributed by atoms with E-state index in [9.17, 15) is 19.2 Å². The first-order valence-corrected chi connectivity index (χ1v) is 18.5. The zero-order valence-electron chi connectivity index (χ0n) is 25.1. The predicted molar refractivity (Wildman–Crippen MR) is 189 cm³/mol. The second-order valence-electron chi connectivity index (χ2n) is 12.3. The third kappa shape index (κ3) is 5.19. The molecule has 7 atom stereocenters. The van der Waals surface area contributed by atoms with E-state index in [1.54, 1.807) is 48.2 Å². The molecule has 3 aromatic carbocycles. The van der Waals surface area contributed by atoms with Gasteiger partial charge in [0.2, 0.25) is 11.8 Å². The number of thiazole rings is 1. The number of nitrogens with one attached hydrogen (secondary N) is 2. The molecule has 8 rings (SSSR count). The molecule has 4 aromatic rings. The molecule has 2 aliphatic carbocycles. The van der Waals surface area contributed by atoms with Gasteiger partial charge in [0.05, 0.1) is 39.7 Å². The summed E-state index contributed by atoms with van der Waals surface area (Å²) in [6, 6.07) is 17.6. The van der Waals surface area contributed by atoms with E-state index in [-0.39, 0.29) is 58.1 Å². The van der Waals surface area contributed by atoms with Gasteiger partial charge in [-0.05, 0) is 84.3 Å². The van der Waals surface area contributed by atoms with E-state index >= 15 is 0 Å². The molecule has 48 heavy (non-hydrogen) atoms. The van der Waals surface area contributed by atoms with Crippen molar-refractivity contribution < 1.29 is 23.9 Å². The Morgan fingerprint density at radius 1 is 0.979 bits per heavy atom. The second-order valence-corrected chi connectivity index (χ2v) is 16.3. The first kappa shape index (κ1) is 31.9. The van der Waals surface area contributed by atoms with Crippen molar-refractivity contribution in [2.75, 3.05) is 23.9 Å². The number of thioether (sulfide) groups is 1. The summed E-state index contributed by atoms with van der Waals surface area (Å²) in [5.41, 5.74) is 1.99. The lowest BCUT2D eigenvalue weighted by Crippen LogP contribution is -2.42. The fraction of sp³-hybridized carbons (Fsp3) is 0.294. The second kappa shape index (κ2) is 12.2. The molecule has 3 fully saturated rings. The van der Waals surface area contributed by atoms with Crippen LogP contribution in [0.1, 0.15) is 22.8 Å². The summed E-state index contributed by atoms with van der Waals surface area (Å²) in [4.78, 5) is 58.4. The minimum absolute atomic E-state index is 0.00415. The number of aromatic nitrogens is 1. The Morgan fingerprint density at radius 3 is 2.46 bits per heavy atom. The molecule has 0 spiro atoms. The van der Waals surface area contributed by atoms with Gasteiger partial charge >= 0.3 is 4.87 Å². The number of fused-ring (bicyclic) bond motifs is 9. The van der Waals surface area contributed by atoms with Gasteiger partial charge in [-0.25, -0.2) is 0 Å². The average Bonchev–Trinajstić information content (AvgIpc) is 3.81. The molecule has 4 aliphatic rings. The molecule has 2 bridgehead atoms. The predicted octanol–water partition coefficient (Wildman–Crippen LogP) is 7.21. The molecule has 2 saturated carbocycles. The number of H-pyrrole nitrogens is 1. The molecule has 6 unspecified atom stereocenters. The quantitative estimate of drug-likeness (QED) is 0.190. The number of hydrogen-bond donors (Lipinski definition) is 2. The standard InChI is InChI=1S/C34H26BrCl2N3O6S2/c1-45-23-10-14(2-9-22(23)46-13-24(41)38-16-5-8-20(36)21(37)11-16)25-26-18-12-19(29(26)47-31-30(25)48-34(44)39-31)28-27(18)32(42)40(33(28)43)17-6-3-15(35)4-7-17/h2-11,18-19,25-29H,12-13H2,1H3,(H,38,41)(H,39,44)/t18?,19?,25-,26?,27?,28?,29?/m1/s1. The topological polar surface area (TPSA) is 118 Å². The van der Waals surface area contributed by atoms with Crippen LogP contribution in [0.5, 0.6) is 11.5 Å². The molecule has 246 valence electrons. The van der Waals surface area contributed by atoms with Gasteiger partial charge < -0.3 is 19.8 Å². The number of amides is 3. The van der Waals surface area contributed by atoms with Crippen LogP contribution >= 0.6 is 62.2 Å². The highest BCUT2D eigenvalue weighted by Crippen LogP contribution is 2.68.